The Balaban J connectivity index is 2.07. The third-order valence-corrected chi connectivity index (χ3v) is 3.07. The number of nitrogens with zero attached hydrogens (tertiary/aromatic N) is 2. The Morgan fingerprint density at radius 3 is 2.53 bits per heavy atom. The van der Waals surface area contributed by atoms with Crippen molar-refractivity contribution in [3.8, 4) is 0 Å². The van der Waals surface area contributed by atoms with Gasteiger partial charge in [0.15, 0.2) is 0 Å². The summed E-state index contributed by atoms with van der Waals surface area (Å²) in [7, 11) is 0. The van der Waals surface area contributed by atoms with E-state index >= 15 is 0 Å². The van der Waals surface area contributed by atoms with E-state index in [1.807, 2.05) is 42.5 Å². The van der Waals surface area contributed by atoms with E-state index in [0.717, 1.165) is 22.2 Å². The van der Waals surface area contributed by atoms with Crippen LogP contribution in [0.3, 0.4) is 0 Å². The molecule has 1 aromatic rings. The van der Waals surface area contributed by atoms with Gasteiger partial charge in [-0.25, -0.2) is 0 Å². The molecule has 0 aromatic heterocycles. The molecule has 15 heavy (non-hydrogen) atoms. The van der Waals surface area contributed by atoms with Gasteiger partial charge in [-0.3, -0.25) is 0 Å². The molecule has 0 unspecified atom stereocenters. The summed E-state index contributed by atoms with van der Waals surface area (Å²) >= 11 is -0.936. The van der Waals surface area contributed by atoms with E-state index in [4.69, 9.17) is 0 Å². The van der Waals surface area contributed by atoms with Gasteiger partial charge in [0.05, 0.1) is 0 Å². The third kappa shape index (κ3) is 2.80. The molecule has 0 saturated heterocycles. The summed E-state index contributed by atoms with van der Waals surface area (Å²) in [6.45, 7) is 0. The Morgan fingerprint density at radius 2 is 1.93 bits per heavy atom. The van der Waals surface area contributed by atoms with Gasteiger partial charge in [-0.2, -0.15) is 0 Å². The molecule has 0 radical (unpaired) electrons. The Bertz CT molecular complexity index is 446. The molecule has 1 aliphatic rings. The van der Waals surface area contributed by atoms with Crippen molar-refractivity contribution in [2.75, 3.05) is 0 Å². The van der Waals surface area contributed by atoms with E-state index in [0.29, 0.717) is 0 Å². The first-order valence-electron chi connectivity index (χ1n) is 4.59. The zero-order valence-corrected chi connectivity index (χ0v) is 9.88. The molecule has 0 atom stereocenters. The molecule has 0 aliphatic heterocycles. The zero-order chi connectivity index (χ0) is 10.5. The van der Waals surface area contributed by atoms with E-state index in [2.05, 4.69) is 10.2 Å². The van der Waals surface area contributed by atoms with Crippen LogP contribution in [0.5, 0.6) is 0 Å². The van der Waals surface area contributed by atoms with Crippen molar-refractivity contribution in [3.05, 3.63) is 48.2 Å². The fourth-order valence-electron chi connectivity index (χ4n) is 1.21. The number of hydrogen-bond donors (Lipinski definition) is 0. The van der Waals surface area contributed by atoms with Gasteiger partial charge in [0, 0.05) is 0 Å². The van der Waals surface area contributed by atoms with Crippen LogP contribution in [0, 0.1) is 0 Å². The van der Waals surface area contributed by atoms with Gasteiger partial charge in [-0.15, -0.1) is 0 Å². The van der Waals surface area contributed by atoms with E-state index in [-0.39, 0.29) is 0 Å². The second-order valence-electron chi connectivity index (χ2n) is 3.10. The molecule has 3 nitrogen and oxygen atoms in total. The van der Waals surface area contributed by atoms with Gasteiger partial charge >= 0.3 is 94.3 Å². The van der Waals surface area contributed by atoms with Gasteiger partial charge in [0.1, 0.15) is 0 Å². The first kappa shape index (κ1) is 10.2. The number of hydrogen-bond acceptors (Lipinski definition) is 3. The fourth-order valence-corrected chi connectivity index (χ4v) is 1.78. The van der Waals surface area contributed by atoms with Gasteiger partial charge in [-0.05, 0) is 0 Å². The Kier molecular flexibility index (Phi) is 3.36. The van der Waals surface area contributed by atoms with Gasteiger partial charge in [0.2, 0.25) is 0 Å². The zero-order valence-electron chi connectivity index (χ0n) is 8.00. The fraction of sp³-hybridized carbons (Fsp3) is 0.0909. The first-order chi connectivity index (χ1) is 7.38. The van der Waals surface area contributed by atoms with Crippen molar-refractivity contribution in [1.29, 1.82) is 0 Å². The van der Waals surface area contributed by atoms with Gasteiger partial charge in [-0.1, -0.05) is 0 Å². The molecule has 74 valence electrons. The van der Waals surface area contributed by atoms with Crippen LogP contribution < -0.4 is 4.35 Å². The predicted molar refractivity (Wildman–Crippen MR) is 58.9 cm³/mol. The monoisotopic (exact) mass is 260 g/mol. The van der Waals surface area contributed by atoms with Crippen LogP contribution in [-0.4, -0.2) is 15.7 Å². The van der Waals surface area contributed by atoms with Crippen LogP contribution in [0.2, 0.25) is 0 Å². The molecule has 1 aromatic carbocycles. The van der Waals surface area contributed by atoms with Crippen LogP contribution in [-0.2, 0) is 3.74 Å². The van der Waals surface area contributed by atoms with E-state index in [1.54, 1.807) is 0 Å². The quantitative estimate of drug-likeness (QED) is 0.607. The number of allylic oxidation sites excluding steroid dienone is 3. The normalized spacial score (nSPS) is 15.1. The molecule has 2 rings (SSSR count). The predicted octanol–water partition coefficient (Wildman–Crippen LogP) is 2.29. The number of azo groups is 1. The van der Waals surface area contributed by atoms with Crippen LogP contribution in [0.4, 0.5) is 5.69 Å². The maximum atomic E-state index is 10.6. The summed E-state index contributed by atoms with van der Waals surface area (Å²) in [4.78, 5) is 0. The maximum absolute atomic E-state index is 10.6. The third-order valence-electron chi connectivity index (χ3n) is 2.00. The van der Waals surface area contributed by atoms with Crippen LogP contribution >= 0.6 is 0 Å². The van der Waals surface area contributed by atoms with Crippen molar-refractivity contribution in [3.63, 3.8) is 0 Å². The topological polar surface area (TPSA) is 41.8 Å². The minimum absolute atomic E-state index is 0.793. The number of benzene rings is 1. The molecule has 0 heterocycles. The average Bonchev–Trinajstić information content (AvgIpc) is 2.80. The Labute approximate surface area is 94.5 Å². The molecule has 0 amide bonds. The molecule has 0 N–H and O–H groups in total. The second kappa shape index (κ2) is 4.94. The molecule has 0 fully saturated rings. The summed E-state index contributed by atoms with van der Waals surface area (Å²) in [5.41, 5.74) is 1.76. The molecule has 0 spiro atoms. The van der Waals surface area contributed by atoms with Crippen molar-refractivity contribution < 1.29 is 3.74 Å². The van der Waals surface area contributed by atoms with Crippen LogP contribution in [0.25, 0.3) is 0 Å². The average molecular weight is 260 g/mol. The summed E-state index contributed by atoms with van der Waals surface area (Å²) in [5, 5.41) is 8.19. The molecule has 0 bridgehead atoms. The van der Waals surface area contributed by atoms with Gasteiger partial charge in [0.25, 0.3) is 0 Å². The van der Waals surface area contributed by atoms with E-state index < -0.39 is 15.7 Å². The molecular formula is C11H9AsN2O. The van der Waals surface area contributed by atoms with Crippen LogP contribution in [0.1, 0.15) is 6.42 Å². The minimum atomic E-state index is -0.936. The number of rotatable bonds is 3. The second-order valence-corrected chi connectivity index (χ2v) is 4.56. The van der Waals surface area contributed by atoms with Crippen molar-refractivity contribution >= 4 is 25.7 Å². The van der Waals surface area contributed by atoms with Crippen molar-refractivity contribution in [2.45, 2.75) is 6.42 Å². The van der Waals surface area contributed by atoms with Crippen molar-refractivity contribution in [2.24, 2.45) is 10.2 Å². The van der Waals surface area contributed by atoms with E-state index in [1.165, 1.54) is 0 Å². The summed E-state index contributed by atoms with van der Waals surface area (Å²) in [5.74, 6) is 0. The standard InChI is InChI=1S/C11H9AsN2O/c15-12-9-5-7-11(8-6-9)14-13-10-3-1-2-4-10/h1-3,5-8H,4H2. The SMILES string of the molecule is O=[As]c1ccc(N=NC2=CC=CC2)cc1. The molecular weight excluding hydrogens is 251 g/mol. The molecule has 1 aliphatic carbocycles. The molecule has 0 saturated carbocycles. The summed E-state index contributed by atoms with van der Waals surface area (Å²) in [6.07, 6.45) is 6.81. The summed E-state index contributed by atoms with van der Waals surface area (Å²) < 4.78 is 11.5. The Morgan fingerprint density at radius 1 is 1.13 bits per heavy atom. The van der Waals surface area contributed by atoms with E-state index in [9.17, 15) is 3.74 Å². The first-order valence-corrected chi connectivity index (χ1v) is 6.30. The summed E-state index contributed by atoms with van der Waals surface area (Å²) in [6, 6.07) is 7.30. The molecule has 4 heteroatoms. The Hall–Kier alpha value is -1.34. The van der Waals surface area contributed by atoms with Crippen molar-refractivity contribution in [1.82, 2.24) is 0 Å². The van der Waals surface area contributed by atoms with Crippen LogP contribution in [0.15, 0.2) is 58.4 Å². The van der Waals surface area contributed by atoms with Gasteiger partial charge < -0.3 is 0 Å².